The Morgan fingerprint density at radius 3 is 2.77 bits per heavy atom. The normalized spacial score (nSPS) is 16.2. The van der Waals surface area contributed by atoms with E-state index in [1.165, 1.54) is 49.0 Å². The first kappa shape index (κ1) is 18.9. The fourth-order valence-electron chi connectivity index (χ4n) is 3.40. The Kier molecular flexibility index (Phi) is 7.03. The Balaban J connectivity index is 1.42. The number of aryl methyl sites for hydroxylation is 1. The van der Waals surface area contributed by atoms with Gasteiger partial charge in [-0.3, -0.25) is 5.32 Å². The highest BCUT2D eigenvalue weighted by Gasteiger charge is 2.15. The number of rotatable bonds is 7. The highest BCUT2D eigenvalue weighted by Crippen LogP contribution is 2.24. The lowest BCUT2D eigenvalue weighted by Crippen LogP contribution is -2.33. The number of urea groups is 1. The van der Waals surface area contributed by atoms with Crippen LogP contribution in [0.3, 0.4) is 0 Å². The molecule has 0 spiro atoms. The van der Waals surface area contributed by atoms with E-state index in [9.17, 15) is 4.79 Å². The summed E-state index contributed by atoms with van der Waals surface area (Å²) < 4.78 is 0. The van der Waals surface area contributed by atoms with Gasteiger partial charge in [-0.05, 0) is 37.2 Å². The maximum atomic E-state index is 12.1. The Hall–Kier alpha value is -1.92. The summed E-state index contributed by atoms with van der Waals surface area (Å²) >= 11 is 1.43. The summed E-state index contributed by atoms with van der Waals surface area (Å²) in [6.07, 6.45) is 8.09. The van der Waals surface area contributed by atoms with Crippen molar-refractivity contribution < 1.29 is 4.79 Å². The molecule has 2 amide bonds. The van der Waals surface area contributed by atoms with E-state index < -0.39 is 0 Å². The standard InChI is InChI=1S/C20H28N4OS/c21-17(12-11-15-7-3-1-4-8-15)18-14-26-20(23-18)24-19(25)22-13-16-9-5-2-6-10-16/h1,3-4,7-8,14,16-17H,2,5-6,9-13,21H2,(H2,22,23,24,25). The van der Waals surface area contributed by atoms with Crippen LogP contribution in [0.1, 0.15) is 55.8 Å². The SMILES string of the molecule is NC(CCc1ccccc1)c1csc(NC(=O)NCC2CCCCC2)n1. The summed E-state index contributed by atoms with van der Waals surface area (Å²) in [6, 6.07) is 10.0. The van der Waals surface area contributed by atoms with Crippen LogP contribution in [0.15, 0.2) is 35.7 Å². The Bertz CT molecular complexity index is 682. The molecule has 1 fully saturated rings. The molecule has 1 atom stereocenters. The van der Waals surface area contributed by atoms with Gasteiger partial charge in [0.05, 0.1) is 5.69 Å². The summed E-state index contributed by atoms with van der Waals surface area (Å²) in [4.78, 5) is 16.5. The van der Waals surface area contributed by atoms with Crippen molar-refractivity contribution in [3.63, 3.8) is 0 Å². The third kappa shape index (κ3) is 5.81. The number of thiazole rings is 1. The van der Waals surface area contributed by atoms with Gasteiger partial charge in [0, 0.05) is 18.0 Å². The molecule has 1 unspecified atom stereocenters. The monoisotopic (exact) mass is 372 g/mol. The van der Waals surface area contributed by atoms with E-state index in [2.05, 4.69) is 27.8 Å². The third-order valence-corrected chi connectivity index (χ3v) is 5.76. The first-order valence-electron chi connectivity index (χ1n) is 9.50. The summed E-state index contributed by atoms with van der Waals surface area (Å²) in [5, 5.41) is 8.35. The van der Waals surface area contributed by atoms with Gasteiger partial charge in [0.2, 0.25) is 0 Å². The molecule has 3 rings (SSSR count). The first-order chi connectivity index (χ1) is 12.7. The fourth-order valence-corrected chi connectivity index (χ4v) is 4.17. The second kappa shape index (κ2) is 9.69. The number of hydrogen-bond donors (Lipinski definition) is 3. The van der Waals surface area contributed by atoms with Gasteiger partial charge < -0.3 is 11.1 Å². The minimum absolute atomic E-state index is 0.118. The highest BCUT2D eigenvalue weighted by atomic mass is 32.1. The molecule has 0 bridgehead atoms. The molecular weight excluding hydrogens is 344 g/mol. The first-order valence-corrected chi connectivity index (χ1v) is 10.4. The molecule has 6 heteroatoms. The van der Waals surface area contributed by atoms with Gasteiger partial charge in [0.1, 0.15) is 0 Å². The van der Waals surface area contributed by atoms with Crippen molar-refractivity contribution in [2.75, 3.05) is 11.9 Å². The molecule has 140 valence electrons. The average molecular weight is 373 g/mol. The number of carbonyl (C=O) groups excluding carboxylic acids is 1. The summed E-state index contributed by atoms with van der Waals surface area (Å²) in [5.41, 5.74) is 8.38. The molecule has 1 aliphatic rings. The van der Waals surface area contributed by atoms with Crippen LogP contribution in [-0.4, -0.2) is 17.6 Å². The largest absolute Gasteiger partial charge is 0.338 e. The predicted molar refractivity (Wildman–Crippen MR) is 107 cm³/mol. The predicted octanol–water partition coefficient (Wildman–Crippen LogP) is 4.48. The van der Waals surface area contributed by atoms with Crippen molar-refractivity contribution in [1.29, 1.82) is 0 Å². The molecule has 0 radical (unpaired) electrons. The minimum Gasteiger partial charge on any atom is -0.338 e. The van der Waals surface area contributed by atoms with Crippen molar-refractivity contribution in [2.24, 2.45) is 11.7 Å². The highest BCUT2D eigenvalue weighted by molar-refractivity contribution is 7.13. The molecule has 1 saturated carbocycles. The van der Waals surface area contributed by atoms with Crippen LogP contribution in [0, 0.1) is 5.92 Å². The van der Waals surface area contributed by atoms with Crippen molar-refractivity contribution in [1.82, 2.24) is 10.3 Å². The summed E-state index contributed by atoms with van der Waals surface area (Å²) in [5.74, 6) is 0.618. The Labute approximate surface area is 159 Å². The van der Waals surface area contributed by atoms with E-state index >= 15 is 0 Å². The number of amides is 2. The van der Waals surface area contributed by atoms with Crippen molar-refractivity contribution in [3.05, 3.63) is 47.0 Å². The van der Waals surface area contributed by atoms with Crippen LogP contribution < -0.4 is 16.4 Å². The summed E-state index contributed by atoms with van der Waals surface area (Å²) in [7, 11) is 0. The van der Waals surface area contributed by atoms with Crippen LogP contribution in [0.2, 0.25) is 0 Å². The zero-order chi connectivity index (χ0) is 18.2. The molecule has 2 aromatic rings. The molecule has 5 nitrogen and oxygen atoms in total. The quantitative estimate of drug-likeness (QED) is 0.670. The molecule has 1 aromatic carbocycles. The van der Waals surface area contributed by atoms with E-state index in [1.807, 2.05) is 23.6 Å². The van der Waals surface area contributed by atoms with E-state index in [4.69, 9.17) is 5.73 Å². The lowest BCUT2D eigenvalue weighted by molar-refractivity contribution is 0.247. The van der Waals surface area contributed by atoms with Gasteiger partial charge in [-0.15, -0.1) is 11.3 Å². The molecule has 1 aliphatic carbocycles. The average Bonchev–Trinajstić information content (AvgIpc) is 3.14. The summed E-state index contributed by atoms with van der Waals surface area (Å²) in [6.45, 7) is 0.751. The third-order valence-electron chi connectivity index (χ3n) is 4.99. The molecule has 26 heavy (non-hydrogen) atoms. The van der Waals surface area contributed by atoms with Gasteiger partial charge in [0.15, 0.2) is 5.13 Å². The Morgan fingerprint density at radius 2 is 2.00 bits per heavy atom. The molecule has 1 heterocycles. The number of nitrogens with one attached hydrogen (secondary N) is 2. The second-order valence-corrected chi connectivity index (χ2v) is 7.91. The number of nitrogens with two attached hydrogens (primary N) is 1. The molecular formula is C20H28N4OS. The maximum Gasteiger partial charge on any atom is 0.321 e. The van der Waals surface area contributed by atoms with Crippen LogP contribution in [0.25, 0.3) is 0 Å². The number of hydrogen-bond acceptors (Lipinski definition) is 4. The zero-order valence-electron chi connectivity index (χ0n) is 15.1. The van der Waals surface area contributed by atoms with Crippen LogP contribution in [0.4, 0.5) is 9.93 Å². The van der Waals surface area contributed by atoms with Gasteiger partial charge in [-0.2, -0.15) is 0 Å². The van der Waals surface area contributed by atoms with E-state index in [-0.39, 0.29) is 12.1 Å². The van der Waals surface area contributed by atoms with Gasteiger partial charge >= 0.3 is 6.03 Å². The molecule has 0 saturated heterocycles. The number of aromatic nitrogens is 1. The van der Waals surface area contributed by atoms with Gasteiger partial charge in [0.25, 0.3) is 0 Å². The number of carbonyl (C=O) groups is 1. The number of nitrogens with zero attached hydrogens (tertiary/aromatic N) is 1. The lowest BCUT2D eigenvalue weighted by Gasteiger charge is -2.21. The van der Waals surface area contributed by atoms with Crippen LogP contribution in [0.5, 0.6) is 0 Å². The van der Waals surface area contributed by atoms with Crippen molar-refractivity contribution in [2.45, 2.75) is 51.0 Å². The van der Waals surface area contributed by atoms with Crippen molar-refractivity contribution >= 4 is 22.5 Å². The maximum absolute atomic E-state index is 12.1. The van der Waals surface area contributed by atoms with Gasteiger partial charge in [-0.1, -0.05) is 49.6 Å². The lowest BCUT2D eigenvalue weighted by atomic mass is 9.89. The smallest absolute Gasteiger partial charge is 0.321 e. The Morgan fingerprint density at radius 1 is 1.23 bits per heavy atom. The second-order valence-electron chi connectivity index (χ2n) is 7.05. The minimum atomic E-state index is -0.172. The van der Waals surface area contributed by atoms with Crippen molar-refractivity contribution in [3.8, 4) is 0 Å². The zero-order valence-corrected chi connectivity index (χ0v) is 15.9. The molecule has 4 N–H and O–H groups in total. The fraction of sp³-hybridized carbons (Fsp3) is 0.500. The van der Waals surface area contributed by atoms with Gasteiger partial charge in [-0.25, -0.2) is 9.78 Å². The number of anilines is 1. The number of benzene rings is 1. The molecule has 1 aromatic heterocycles. The van der Waals surface area contributed by atoms with Crippen LogP contribution in [-0.2, 0) is 6.42 Å². The van der Waals surface area contributed by atoms with E-state index in [1.54, 1.807) is 0 Å². The van der Waals surface area contributed by atoms with Crippen LogP contribution >= 0.6 is 11.3 Å². The topological polar surface area (TPSA) is 80.0 Å². The van der Waals surface area contributed by atoms with E-state index in [0.29, 0.717) is 11.0 Å². The molecule has 0 aliphatic heterocycles. The van der Waals surface area contributed by atoms with E-state index in [0.717, 1.165) is 25.1 Å².